The van der Waals surface area contributed by atoms with Gasteiger partial charge in [0.05, 0.1) is 16.9 Å². The Kier molecular flexibility index (Phi) is 3.30. The summed E-state index contributed by atoms with van der Waals surface area (Å²) < 4.78 is 4.97. The van der Waals surface area contributed by atoms with Crippen molar-refractivity contribution in [3.8, 4) is 0 Å². The molecule has 1 heterocycles. The molecule has 0 aliphatic rings. The number of hydrogen-bond acceptors (Lipinski definition) is 4. The first kappa shape index (κ1) is 13.5. The number of nitrogen functional groups attached to an aromatic ring is 1. The molecule has 0 saturated heterocycles. The summed E-state index contributed by atoms with van der Waals surface area (Å²) in [7, 11) is 0. The number of hydrogen-bond donors (Lipinski definition) is 3. The number of H-pyrrole nitrogens is 1. The number of rotatable bonds is 4. The van der Waals surface area contributed by atoms with E-state index in [1.165, 1.54) is 0 Å². The van der Waals surface area contributed by atoms with E-state index >= 15 is 0 Å². The fraction of sp³-hybridized carbons (Fsp3) is 0.500. The smallest absolute Gasteiger partial charge is 0.408 e. The van der Waals surface area contributed by atoms with Gasteiger partial charge in [-0.15, -0.1) is 0 Å². The molecule has 0 radical (unpaired) electrons. The minimum atomic E-state index is -0.464. The molecule has 0 saturated carbocycles. The molecule has 0 fully saturated rings. The average Bonchev–Trinajstić information content (AvgIpc) is 2.65. The summed E-state index contributed by atoms with van der Waals surface area (Å²) in [6.07, 6.45) is 0. The second kappa shape index (κ2) is 4.64. The Hall–Kier alpha value is -1.91. The normalized spacial score (nSPS) is 12.3. The van der Waals surface area contributed by atoms with Gasteiger partial charge in [0, 0.05) is 12.6 Å². The zero-order valence-corrected chi connectivity index (χ0v) is 11.8. The number of nitrogens with one attached hydrogen (secondary N) is 2. The standard InChI is InChI=1S/C14H21N3O2/c1-8(2)14(3,4)7-16-10-6-11-12(5-9(10)15)19-13(18)17-11/h5-6,8,16H,7,15H2,1-4H3,(H,17,18). The van der Waals surface area contributed by atoms with E-state index in [1.807, 2.05) is 6.07 Å². The van der Waals surface area contributed by atoms with Crippen LogP contribution in [-0.2, 0) is 0 Å². The molecule has 0 aliphatic carbocycles. The Bertz CT molecular complexity index is 638. The van der Waals surface area contributed by atoms with Crippen molar-refractivity contribution < 1.29 is 4.42 Å². The third-order valence-corrected chi connectivity index (χ3v) is 3.89. The molecule has 0 aliphatic heterocycles. The van der Waals surface area contributed by atoms with Crippen LogP contribution in [0.25, 0.3) is 11.1 Å². The molecule has 0 bridgehead atoms. The van der Waals surface area contributed by atoms with Crippen LogP contribution in [0, 0.1) is 11.3 Å². The van der Waals surface area contributed by atoms with Crippen LogP contribution in [0.4, 0.5) is 11.4 Å². The van der Waals surface area contributed by atoms with Gasteiger partial charge in [0.15, 0.2) is 5.58 Å². The SMILES string of the molecule is CC(C)C(C)(C)CNc1cc2[nH]c(=O)oc2cc1N. The third-order valence-electron chi connectivity index (χ3n) is 3.89. The van der Waals surface area contributed by atoms with Crippen molar-refractivity contribution in [1.82, 2.24) is 4.98 Å². The van der Waals surface area contributed by atoms with Crippen molar-refractivity contribution in [3.05, 3.63) is 22.7 Å². The number of oxazole rings is 1. The molecule has 19 heavy (non-hydrogen) atoms. The van der Waals surface area contributed by atoms with E-state index < -0.39 is 5.76 Å². The maximum atomic E-state index is 11.1. The Morgan fingerprint density at radius 2 is 2.11 bits per heavy atom. The van der Waals surface area contributed by atoms with Gasteiger partial charge in [-0.1, -0.05) is 27.7 Å². The molecule has 0 amide bonds. The van der Waals surface area contributed by atoms with E-state index in [9.17, 15) is 4.79 Å². The van der Waals surface area contributed by atoms with Crippen LogP contribution in [0.2, 0.25) is 0 Å². The second-order valence-corrected chi connectivity index (χ2v) is 5.95. The van der Waals surface area contributed by atoms with E-state index in [-0.39, 0.29) is 5.41 Å². The zero-order chi connectivity index (χ0) is 14.2. The number of nitrogens with two attached hydrogens (primary N) is 1. The summed E-state index contributed by atoms with van der Waals surface area (Å²) in [5.41, 5.74) is 8.66. The summed E-state index contributed by atoms with van der Waals surface area (Å²) in [4.78, 5) is 13.8. The molecular weight excluding hydrogens is 242 g/mol. The van der Waals surface area contributed by atoms with Gasteiger partial charge in [-0.25, -0.2) is 4.79 Å². The summed E-state index contributed by atoms with van der Waals surface area (Å²) in [5, 5.41) is 3.35. The van der Waals surface area contributed by atoms with Crippen molar-refractivity contribution in [2.24, 2.45) is 11.3 Å². The Morgan fingerprint density at radius 3 is 2.74 bits per heavy atom. The van der Waals surface area contributed by atoms with E-state index in [1.54, 1.807) is 6.07 Å². The lowest BCUT2D eigenvalue weighted by Gasteiger charge is -2.30. The average molecular weight is 263 g/mol. The Morgan fingerprint density at radius 1 is 1.42 bits per heavy atom. The minimum absolute atomic E-state index is 0.158. The number of anilines is 2. The highest BCUT2D eigenvalue weighted by molar-refractivity contribution is 5.85. The lowest BCUT2D eigenvalue weighted by Crippen LogP contribution is -2.28. The fourth-order valence-electron chi connectivity index (χ4n) is 1.69. The second-order valence-electron chi connectivity index (χ2n) is 5.95. The van der Waals surface area contributed by atoms with Crippen LogP contribution in [0.15, 0.2) is 21.3 Å². The van der Waals surface area contributed by atoms with Gasteiger partial charge in [-0.3, -0.25) is 4.98 Å². The van der Waals surface area contributed by atoms with Gasteiger partial charge in [0.25, 0.3) is 0 Å². The molecule has 2 rings (SSSR count). The molecule has 1 aromatic heterocycles. The van der Waals surface area contributed by atoms with Gasteiger partial charge in [-0.2, -0.15) is 0 Å². The minimum Gasteiger partial charge on any atom is -0.408 e. The first-order valence-corrected chi connectivity index (χ1v) is 6.46. The van der Waals surface area contributed by atoms with Gasteiger partial charge in [-0.05, 0) is 17.4 Å². The monoisotopic (exact) mass is 263 g/mol. The molecule has 0 atom stereocenters. The summed E-state index contributed by atoms with van der Waals surface area (Å²) in [6, 6.07) is 3.48. The number of benzene rings is 1. The molecular formula is C14H21N3O2. The highest BCUT2D eigenvalue weighted by Gasteiger charge is 2.22. The molecule has 0 spiro atoms. The highest BCUT2D eigenvalue weighted by atomic mass is 16.4. The predicted octanol–water partition coefficient (Wildman–Crippen LogP) is 2.80. The quantitative estimate of drug-likeness (QED) is 0.740. The van der Waals surface area contributed by atoms with Crippen molar-refractivity contribution in [3.63, 3.8) is 0 Å². The van der Waals surface area contributed by atoms with Crippen molar-refractivity contribution in [1.29, 1.82) is 0 Å². The third kappa shape index (κ3) is 2.75. The Balaban J connectivity index is 2.25. The largest absolute Gasteiger partial charge is 0.417 e. The van der Waals surface area contributed by atoms with Crippen molar-refractivity contribution in [2.45, 2.75) is 27.7 Å². The first-order valence-electron chi connectivity index (χ1n) is 6.46. The number of aromatic nitrogens is 1. The van der Waals surface area contributed by atoms with Gasteiger partial charge in [0.2, 0.25) is 0 Å². The maximum absolute atomic E-state index is 11.1. The number of aromatic amines is 1. The van der Waals surface area contributed by atoms with Crippen LogP contribution in [0.1, 0.15) is 27.7 Å². The summed E-state index contributed by atoms with van der Waals surface area (Å²) in [5.74, 6) is 0.0905. The predicted molar refractivity (Wildman–Crippen MR) is 78.4 cm³/mol. The molecule has 0 unspecified atom stereocenters. The van der Waals surface area contributed by atoms with Crippen LogP contribution in [-0.4, -0.2) is 11.5 Å². The Labute approximate surface area is 112 Å². The van der Waals surface area contributed by atoms with Gasteiger partial charge >= 0.3 is 5.76 Å². The zero-order valence-electron chi connectivity index (χ0n) is 11.8. The van der Waals surface area contributed by atoms with E-state index in [0.717, 1.165) is 12.2 Å². The molecule has 4 N–H and O–H groups in total. The van der Waals surface area contributed by atoms with Gasteiger partial charge in [0.1, 0.15) is 0 Å². The van der Waals surface area contributed by atoms with Gasteiger partial charge < -0.3 is 15.5 Å². The lowest BCUT2D eigenvalue weighted by molar-refractivity contribution is 0.270. The van der Waals surface area contributed by atoms with Crippen molar-refractivity contribution >= 4 is 22.5 Å². The molecule has 104 valence electrons. The summed E-state index contributed by atoms with van der Waals surface area (Å²) >= 11 is 0. The lowest BCUT2D eigenvalue weighted by atomic mass is 9.81. The number of fused-ring (bicyclic) bond motifs is 1. The molecule has 2 aromatic rings. The van der Waals surface area contributed by atoms with Crippen molar-refractivity contribution in [2.75, 3.05) is 17.6 Å². The maximum Gasteiger partial charge on any atom is 0.417 e. The first-order chi connectivity index (χ1) is 8.79. The van der Waals surface area contributed by atoms with Crippen LogP contribution >= 0.6 is 0 Å². The van der Waals surface area contributed by atoms with Crippen LogP contribution < -0.4 is 16.8 Å². The van der Waals surface area contributed by atoms with Crippen LogP contribution in [0.3, 0.4) is 0 Å². The summed E-state index contributed by atoms with van der Waals surface area (Å²) in [6.45, 7) is 9.62. The van der Waals surface area contributed by atoms with Crippen LogP contribution in [0.5, 0.6) is 0 Å². The highest BCUT2D eigenvalue weighted by Crippen LogP contribution is 2.29. The van der Waals surface area contributed by atoms with E-state index in [4.69, 9.17) is 10.2 Å². The molecule has 5 nitrogen and oxygen atoms in total. The molecule has 1 aromatic carbocycles. The molecule has 5 heteroatoms. The van der Waals surface area contributed by atoms with E-state index in [2.05, 4.69) is 38.0 Å². The van der Waals surface area contributed by atoms with E-state index in [0.29, 0.717) is 22.7 Å². The topological polar surface area (TPSA) is 84.0 Å². The fourth-order valence-corrected chi connectivity index (χ4v) is 1.69.